The molecule has 0 bridgehead atoms. The second-order valence-corrected chi connectivity index (χ2v) is 3.70. The Labute approximate surface area is 91.4 Å². The van der Waals surface area contributed by atoms with Crippen LogP contribution in [0.4, 0.5) is 0 Å². The van der Waals surface area contributed by atoms with E-state index in [1.807, 2.05) is 6.92 Å². The van der Waals surface area contributed by atoms with Gasteiger partial charge >= 0.3 is 5.97 Å². The largest absolute Gasteiger partial charge is 0.460 e. The highest BCUT2D eigenvalue weighted by molar-refractivity contribution is 5.82. The first-order valence-electron chi connectivity index (χ1n) is 5.14. The minimum absolute atomic E-state index is 0.0661. The molecule has 86 valence electrons. The number of hydrogen-bond donors (Lipinski definition) is 1. The van der Waals surface area contributed by atoms with Gasteiger partial charge in [0.25, 0.3) is 0 Å². The van der Waals surface area contributed by atoms with E-state index < -0.39 is 0 Å². The van der Waals surface area contributed by atoms with Gasteiger partial charge < -0.3 is 9.84 Å². The Morgan fingerprint density at radius 3 is 2.53 bits per heavy atom. The average molecular weight is 212 g/mol. The maximum atomic E-state index is 11.1. The van der Waals surface area contributed by atoms with E-state index in [1.54, 1.807) is 0 Å². The summed E-state index contributed by atoms with van der Waals surface area (Å²) in [6.07, 6.45) is 5.42. The topological polar surface area (TPSA) is 46.5 Å². The zero-order valence-electron chi connectivity index (χ0n) is 9.75. The highest BCUT2D eigenvalue weighted by Gasteiger charge is 1.98. The summed E-state index contributed by atoms with van der Waals surface area (Å²) in [6.45, 7) is 5.94. The second kappa shape index (κ2) is 8.24. The number of carbonyl (C=O) groups excluding carboxylic acids is 1. The van der Waals surface area contributed by atoms with Gasteiger partial charge in [0.05, 0.1) is 6.61 Å². The summed E-state index contributed by atoms with van der Waals surface area (Å²) in [5.41, 5.74) is 2.28. The van der Waals surface area contributed by atoms with Crippen LogP contribution >= 0.6 is 0 Å². The van der Waals surface area contributed by atoms with E-state index in [0.29, 0.717) is 0 Å². The van der Waals surface area contributed by atoms with Crippen LogP contribution in [0.1, 0.15) is 33.6 Å². The molecule has 0 aromatic heterocycles. The van der Waals surface area contributed by atoms with E-state index in [2.05, 4.69) is 19.9 Å². The minimum atomic E-state index is -0.376. The molecule has 0 spiro atoms. The van der Waals surface area contributed by atoms with Gasteiger partial charge in [-0.3, -0.25) is 0 Å². The van der Waals surface area contributed by atoms with Crippen molar-refractivity contribution in [2.75, 3.05) is 13.2 Å². The molecule has 0 aromatic rings. The molecule has 0 fully saturated rings. The zero-order chi connectivity index (χ0) is 11.7. The maximum absolute atomic E-state index is 11.1. The van der Waals surface area contributed by atoms with Crippen LogP contribution in [0, 0.1) is 0 Å². The summed E-state index contributed by atoms with van der Waals surface area (Å²) < 4.78 is 4.71. The number of ether oxygens (including phenoxy) is 1. The molecule has 0 aliphatic heterocycles. The van der Waals surface area contributed by atoms with E-state index in [4.69, 9.17) is 9.84 Å². The number of hydrogen-bond acceptors (Lipinski definition) is 3. The van der Waals surface area contributed by atoms with Gasteiger partial charge in [0.1, 0.15) is 6.61 Å². The van der Waals surface area contributed by atoms with Crippen LogP contribution in [0.3, 0.4) is 0 Å². The van der Waals surface area contributed by atoms with Crippen LogP contribution < -0.4 is 0 Å². The normalized spacial score (nSPS) is 11.1. The van der Waals surface area contributed by atoms with Gasteiger partial charge in [-0.2, -0.15) is 0 Å². The van der Waals surface area contributed by atoms with Crippen molar-refractivity contribution in [3.05, 3.63) is 23.3 Å². The van der Waals surface area contributed by atoms with Gasteiger partial charge in [0, 0.05) is 6.08 Å². The Kier molecular flexibility index (Phi) is 7.64. The lowest BCUT2D eigenvalue weighted by atomic mass is 10.1. The summed E-state index contributed by atoms with van der Waals surface area (Å²) in [7, 11) is 0. The number of allylic oxidation sites excluding steroid dienone is 3. The van der Waals surface area contributed by atoms with Gasteiger partial charge in [0.15, 0.2) is 0 Å². The first kappa shape index (κ1) is 13.9. The number of aliphatic hydroxyl groups excluding tert-OH is 1. The van der Waals surface area contributed by atoms with Gasteiger partial charge in [-0.15, -0.1) is 0 Å². The summed E-state index contributed by atoms with van der Waals surface area (Å²) in [6, 6.07) is 0. The van der Waals surface area contributed by atoms with E-state index >= 15 is 0 Å². The van der Waals surface area contributed by atoms with Crippen LogP contribution in [0.2, 0.25) is 0 Å². The van der Waals surface area contributed by atoms with Crippen LogP contribution in [-0.4, -0.2) is 24.3 Å². The van der Waals surface area contributed by atoms with Crippen LogP contribution in [-0.2, 0) is 9.53 Å². The van der Waals surface area contributed by atoms with E-state index in [0.717, 1.165) is 18.4 Å². The standard InChI is InChI=1S/C12H20O3/c1-10(2)5-4-6-11(3)9-12(14)15-8-7-13/h5,9,13H,4,6-8H2,1-3H3/b11-9+. The molecule has 0 amide bonds. The predicted octanol–water partition coefficient (Wildman–Crippen LogP) is 2.21. The third-order valence-corrected chi connectivity index (χ3v) is 1.79. The van der Waals surface area contributed by atoms with Crippen molar-refractivity contribution in [1.82, 2.24) is 0 Å². The van der Waals surface area contributed by atoms with Crippen molar-refractivity contribution in [3.63, 3.8) is 0 Å². The monoisotopic (exact) mass is 212 g/mol. The van der Waals surface area contributed by atoms with Crippen molar-refractivity contribution < 1.29 is 14.6 Å². The first-order valence-corrected chi connectivity index (χ1v) is 5.14. The number of rotatable bonds is 6. The molecule has 3 nitrogen and oxygen atoms in total. The highest BCUT2D eigenvalue weighted by Crippen LogP contribution is 2.06. The van der Waals surface area contributed by atoms with Crippen molar-refractivity contribution in [2.45, 2.75) is 33.6 Å². The fourth-order valence-electron chi connectivity index (χ4n) is 1.05. The Bertz CT molecular complexity index is 248. The van der Waals surface area contributed by atoms with Gasteiger partial charge in [0.2, 0.25) is 0 Å². The van der Waals surface area contributed by atoms with Crippen LogP contribution in [0.5, 0.6) is 0 Å². The molecule has 0 saturated carbocycles. The number of aliphatic hydroxyl groups is 1. The lowest BCUT2D eigenvalue weighted by Gasteiger charge is -2.00. The zero-order valence-corrected chi connectivity index (χ0v) is 9.75. The molecule has 0 aromatic carbocycles. The van der Waals surface area contributed by atoms with Gasteiger partial charge in [-0.05, 0) is 33.6 Å². The Hall–Kier alpha value is -1.09. The highest BCUT2D eigenvalue weighted by atomic mass is 16.5. The third-order valence-electron chi connectivity index (χ3n) is 1.79. The quantitative estimate of drug-likeness (QED) is 0.417. The summed E-state index contributed by atoms with van der Waals surface area (Å²) in [4.78, 5) is 11.1. The Balaban J connectivity index is 3.87. The van der Waals surface area contributed by atoms with E-state index in [1.165, 1.54) is 11.6 Å². The molecule has 1 N–H and O–H groups in total. The molecular formula is C12H20O3. The average Bonchev–Trinajstić information content (AvgIpc) is 2.14. The first-order chi connectivity index (χ1) is 7.06. The third kappa shape index (κ3) is 9.22. The summed E-state index contributed by atoms with van der Waals surface area (Å²) >= 11 is 0. The SMILES string of the molecule is CC(C)=CCC/C(C)=C/C(=O)OCCO. The van der Waals surface area contributed by atoms with Gasteiger partial charge in [-0.25, -0.2) is 4.79 Å². The molecule has 0 rings (SSSR count). The molecule has 0 saturated heterocycles. The smallest absolute Gasteiger partial charge is 0.330 e. The number of esters is 1. The van der Waals surface area contributed by atoms with Gasteiger partial charge in [-0.1, -0.05) is 17.2 Å². The van der Waals surface area contributed by atoms with Crippen LogP contribution in [0.25, 0.3) is 0 Å². The van der Waals surface area contributed by atoms with E-state index in [-0.39, 0.29) is 19.2 Å². The van der Waals surface area contributed by atoms with Crippen molar-refractivity contribution in [1.29, 1.82) is 0 Å². The molecule has 15 heavy (non-hydrogen) atoms. The molecule has 0 aliphatic carbocycles. The molecule has 0 radical (unpaired) electrons. The van der Waals surface area contributed by atoms with Crippen molar-refractivity contribution in [2.24, 2.45) is 0 Å². The molecule has 0 aliphatic rings. The number of carbonyl (C=O) groups is 1. The molecular weight excluding hydrogens is 192 g/mol. The summed E-state index contributed by atoms with van der Waals surface area (Å²) in [5, 5.41) is 8.45. The van der Waals surface area contributed by atoms with Crippen molar-refractivity contribution in [3.8, 4) is 0 Å². The van der Waals surface area contributed by atoms with E-state index in [9.17, 15) is 4.79 Å². The molecule has 0 unspecified atom stereocenters. The maximum Gasteiger partial charge on any atom is 0.330 e. The fraction of sp³-hybridized carbons (Fsp3) is 0.583. The summed E-state index contributed by atoms with van der Waals surface area (Å²) in [5.74, 6) is -0.376. The van der Waals surface area contributed by atoms with Crippen LogP contribution in [0.15, 0.2) is 23.3 Å². The fourth-order valence-corrected chi connectivity index (χ4v) is 1.05. The molecule has 0 heterocycles. The Morgan fingerprint density at radius 2 is 2.00 bits per heavy atom. The lowest BCUT2D eigenvalue weighted by Crippen LogP contribution is -2.05. The lowest BCUT2D eigenvalue weighted by molar-refractivity contribution is -0.138. The molecule has 0 atom stereocenters. The van der Waals surface area contributed by atoms with Crippen molar-refractivity contribution >= 4 is 5.97 Å². The minimum Gasteiger partial charge on any atom is -0.460 e. The second-order valence-electron chi connectivity index (χ2n) is 3.70. The predicted molar refractivity (Wildman–Crippen MR) is 60.5 cm³/mol. The Morgan fingerprint density at radius 1 is 1.33 bits per heavy atom. The molecule has 3 heteroatoms.